The Bertz CT molecular complexity index is 397. The van der Waals surface area contributed by atoms with Gasteiger partial charge in [0, 0.05) is 10.9 Å². The molecule has 0 radical (unpaired) electrons. The van der Waals surface area contributed by atoms with Gasteiger partial charge in [0.25, 0.3) is 0 Å². The summed E-state index contributed by atoms with van der Waals surface area (Å²) < 4.78 is 5.63. The molecule has 2 rings (SSSR count). The Labute approximate surface area is 101 Å². The number of carbonyl (C=O) groups excluding carboxylic acids is 1. The Morgan fingerprint density at radius 1 is 1.53 bits per heavy atom. The van der Waals surface area contributed by atoms with E-state index < -0.39 is 0 Å². The second-order valence-electron chi connectivity index (χ2n) is 3.30. The summed E-state index contributed by atoms with van der Waals surface area (Å²) in [4.78, 5) is 11.0. The predicted molar refractivity (Wildman–Crippen MR) is 61.0 cm³/mol. The number of nitrogens with one attached hydrogen (secondary N) is 1. The zero-order valence-corrected chi connectivity index (χ0v) is 10.1. The molecule has 3 nitrogen and oxygen atoms in total. The number of amides is 1. The van der Waals surface area contributed by atoms with Crippen molar-refractivity contribution in [1.82, 2.24) is 5.32 Å². The highest BCUT2D eigenvalue weighted by Crippen LogP contribution is 2.28. The molecule has 15 heavy (non-hydrogen) atoms. The normalized spacial score (nSPS) is 20.7. The fraction of sp³-hybridized carbons (Fsp3) is 0.300. The number of hydrogen-bond donors (Lipinski definition) is 1. The molecule has 1 aromatic carbocycles. The van der Waals surface area contributed by atoms with Crippen LogP contribution in [0.15, 0.2) is 22.7 Å². The summed E-state index contributed by atoms with van der Waals surface area (Å²) in [5.41, 5.74) is 1.03. The minimum atomic E-state index is -0.364. The van der Waals surface area contributed by atoms with Crippen molar-refractivity contribution in [3.63, 3.8) is 0 Å². The first-order chi connectivity index (χ1) is 7.16. The molecule has 1 aliphatic heterocycles. The van der Waals surface area contributed by atoms with E-state index >= 15 is 0 Å². The summed E-state index contributed by atoms with van der Waals surface area (Å²) in [6.07, 6.45) is 0.414. The van der Waals surface area contributed by atoms with Crippen molar-refractivity contribution in [2.75, 3.05) is 6.61 Å². The maximum atomic E-state index is 11.0. The molecule has 5 heteroatoms. The van der Waals surface area contributed by atoms with Gasteiger partial charge in [0.15, 0.2) is 0 Å². The standard InChI is InChI=1S/C10H9BrClNO2/c11-7-5-6(1-2-8(7)12)9-3-4-15-10(14)13-9/h1-2,5,9H,3-4H2,(H,13,14)/t9-/m1/s1. The van der Waals surface area contributed by atoms with Gasteiger partial charge < -0.3 is 10.1 Å². The summed E-state index contributed by atoms with van der Waals surface area (Å²) in [6, 6.07) is 5.64. The molecule has 1 saturated heterocycles. The maximum Gasteiger partial charge on any atom is 0.407 e. The molecule has 0 unspecified atom stereocenters. The minimum absolute atomic E-state index is 0.0137. The van der Waals surface area contributed by atoms with E-state index in [1.807, 2.05) is 18.2 Å². The average molecular weight is 291 g/mol. The Morgan fingerprint density at radius 2 is 2.33 bits per heavy atom. The van der Waals surface area contributed by atoms with Crippen LogP contribution in [0.2, 0.25) is 5.02 Å². The van der Waals surface area contributed by atoms with Crippen molar-refractivity contribution in [2.24, 2.45) is 0 Å². The first-order valence-electron chi connectivity index (χ1n) is 4.55. The smallest absolute Gasteiger partial charge is 0.407 e. The van der Waals surface area contributed by atoms with Crippen LogP contribution in [0.1, 0.15) is 18.0 Å². The zero-order valence-electron chi connectivity index (χ0n) is 7.80. The van der Waals surface area contributed by atoms with Crippen LogP contribution in [0, 0.1) is 0 Å². The lowest BCUT2D eigenvalue weighted by Gasteiger charge is -2.23. The number of carbonyl (C=O) groups is 1. The molecule has 1 fully saturated rings. The van der Waals surface area contributed by atoms with Gasteiger partial charge in [-0.2, -0.15) is 0 Å². The Morgan fingerprint density at radius 3 is 3.00 bits per heavy atom. The predicted octanol–water partition coefficient (Wildman–Crippen LogP) is 3.27. The minimum Gasteiger partial charge on any atom is -0.449 e. The van der Waals surface area contributed by atoms with Gasteiger partial charge in [-0.3, -0.25) is 0 Å². The number of halogens is 2. The molecule has 1 amide bonds. The van der Waals surface area contributed by atoms with E-state index in [1.54, 1.807) is 0 Å². The van der Waals surface area contributed by atoms with E-state index in [0.29, 0.717) is 11.6 Å². The van der Waals surface area contributed by atoms with Gasteiger partial charge in [-0.1, -0.05) is 17.7 Å². The van der Waals surface area contributed by atoms with Gasteiger partial charge in [-0.25, -0.2) is 4.79 Å². The Balaban J connectivity index is 2.21. The second kappa shape index (κ2) is 4.41. The molecule has 0 spiro atoms. The van der Waals surface area contributed by atoms with Gasteiger partial charge in [0.2, 0.25) is 0 Å². The molecular weight excluding hydrogens is 281 g/mol. The lowest BCUT2D eigenvalue weighted by atomic mass is 10.0. The molecule has 0 saturated carbocycles. The molecule has 0 aromatic heterocycles. The van der Waals surface area contributed by atoms with E-state index in [-0.39, 0.29) is 12.1 Å². The highest BCUT2D eigenvalue weighted by molar-refractivity contribution is 9.10. The molecule has 1 N–H and O–H groups in total. The van der Waals surface area contributed by atoms with E-state index in [2.05, 4.69) is 21.2 Å². The molecule has 1 atom stereocenters. The quantitative estimate of drug-likeness (QED) is 0.862. The van der Waals surface area contributed by atoms with Crippen molar-refractivity contribution in [3.05, 3.63) is 33.3 Å². The van der Waals surface area contributed by atoms with E-state index in [1.165, 1.54) is 0 Å². The molecule has 1 heterocycles. The van der Waals surface area contributed by atoms with Crippen molar-refractivity contribution in [1.29, 1.82) is 0 Å². The monoisotopic (exact) mass is 289 g/mol. The van der Waals surface area contributed by atoms with Crippen molar-refractivity contribution >= 4 is 33.6 Å². The molecule has 0 aliphatic carbocycles. The van der Waals surface area contributed by atoms with E-state index in [0.717, 1.165) is 16.5 Å². The van der Waals surface area contributed by atoms with Crippen LogP contribution >= 0.6 is 27.5 Å². The first-order valence-corrected chi connectivity index (χ1v) is 5.72. The summed E-state index contributed by atoms with van der Waals surface area (Å²) in [5, 5.41) is 3.42. The van der Waals surface area contributed by atoms with Gasteiger partial charge >= 0.3 is 6.09 Å². The van der Waals surface area contributed by atoms with Gasteiger partial charge in [-0.15, -0.1) is 0 Å². The Kier molecular flexibility index (Phi) is 3.17. The summed E-state index contributed by atoms with van der Waals surface area (Å²) >= 11 is 9.24. The maximum absolute atomic E-state index is 11.0. The lowest BCUT2D eigenvalue weighted by molar-refractivity contribution is 0.115. The molecule has 1 aliphatic rings. The average Bonchev–Trinajstić information content (AvgIpc) is 2.22. The molecule has 1 aromatic rings. The number of ether oxygens (including phenoxy) is 1. The number of benzene rings is 1. The second-order valence-corrected chi connectivity index (χ2v) is 4.56. The van der Waals surface area contributed by atoms with Crippen LogP contribution in [-0.2, 0) is 4.74 Å². The van der Waals surface area contributed by atoms with Crippen molar-refractivity contribution in [2.45, 2.75) is 12.5 Å². The summed E-state index contributed by atoms with van der Waals surface area (Å²) in [6.45, 7) is 0.455. The van der Waals surface area contributed by atoms with Crippen LogP contribution in [0.5, 0.6) is 0 Å². The highest BCUT2D eigenvalue weighted by Gasteiger charge is 2.20. The third-order valence-electron chi connectivity index (χ3n) is 2.28. The number of cyclic esters (lactones) is 1. The van der Waals surface area contributed by atoms with Crippen LogP contribution in [-0.4, -0.2) is 12.7 Å². The third-order valence-corrected chi connectivity index (χ3v) is 3.49. The fourth-order valence-corrected chi connectivity index (χ4v) is 2.02. The van der Waals surface area contributed by atoms with E-state index in [4.69, 9.17) is 16.3 Å². The van der Waals surface area contributed by atoms with Crippen LogP contribution in [0.4, 0.5) is 4.79 Å². The largest absolute Gasteiger partial charge is 0.449 e. The highest BCUT2D eigenvalue weighted by atomic mass is 79.9. The third kappa shape index (κ3) is 2.44. The van der Waals surface area contributed by atoms with Crippen LogP contribution < -0.4 is 5.32 Å². The summed E-state index contributed by atoms with van der Waals surface area (Å²) in [5.74, 6) is 0. The van der Waals surface area contributed by atoms with Gasteiger partial charge in [0.1, 0.15) is 0 Å². The first kappa shape index (κ1) is 10.8. The molecular formula is C10H9BrClNO2. The van der Waals surface area contributed by atoms with Crippen molar-refractivity contribution < 1.29 is 9.53 Å². The number of hydrogen-bond acceptors (Lipinski definition) is 2. The van der Waals surface area contributed by atoms with E-state index in [9.17, 15) is 4.79 Å². The van der Waals surface area contributed by atoms with Gasteiger partial charge in [-0.05, 0) is 33.6 Å². The summed E-state index contributed by atoms with van der Waals surface area (Å²) in [7, 11) is 0. The van der Waals surface area contributed by atoms with Crippen LogP contribution in [0.3, 0.4) is 0 Å². The molecule has 0 bridgehead atoms. The number of alkyl carbamates (subject to hydrolysis) is 1. The Hall–Kier alpha value is -0.740. The molecule has 80 valence electrons. The van der Waals surface area contributed by atoms with Crippen LogP contribution in [0.25, 0.3) is 0 Å². The zero-order chi connectivity index (χ0) is 10.8. The van der Waals surface area contributed by atoms with Crippen molar-refractivity contribution in [3.8, 4) is 0 Å². The SMILES string of the molecule is O=C1N[C@@H](c2ccc(Cl)c(Br)c2)CCO1. The fourth-order valence-electron chi connectivity index (χ4n) is 1.50. The number of rotatable bonds is 1. The lowest BCUT2D eigenvalue weighted by Crippen LogP contribution is -2.35. The van der Waals surface area contributed by atoms with Gasteiger partial charge in [0.05, 0.1) is 17.7 Å². The topological polar surface area (TPSA) is 38.3 Å².